The summed E-state index contributed by atoms with van der Waals surface area (Å²) in [6.45, 7) is 11.9. The average molecular weight is 513 g/mol. The predicted octanol–water partition coefficient (Wildman–Crippen LogP) is 4.83. The van der Waals surface area contributed by atoms with Gasteiger partial charge in [0.1, 0.15) is 23.9 Å². The minimum Gasteiger partial charge on any atom is -0.496 e. The molecular weight excluding hydrogens is 483 g/mol. The fourth-order valence-corrected chi connectivity index (χ4v) is 5.60. The van der Waals surface area contributed by atoms with Gasteiger partial charge in [0, 0.05) is 42.7 Å². The number of ether oxygens (including phenoxy) is 2. The number of H-pyrrole nitrogens is 1. The van der Waals surface area contributed by atoms with Gasteiger partial charge in [-0.05, 0) is 55.6 Å². The van der Waals surface area contributed by atoms with Crippen molar-refractivity contribution < 1.29 is 13.9 Å². The molecule has 38 heavy (non-hydrogen) atoms. The molecule has 2 aliphatic rings. The third kappa shape index (κ3) is 4.02. The van der Waals surface area contributed by atoms with Gasteiger partial charge in [-0.3, -0.25) is 5.10 Å². The van der Waals surface area contributed by atoms with Crippen LogP contribution in [0.1, 0.15) is 5.56 Å². The molecule has 2 N–H and O–H groups in total. The smallest absolute Gasteiger partial charge is 0.197 e. The van der Waals surface area contributed by atoms with E-state index in [1.54, 1.807) is 19.2 Å². The number of halogens is 1. The molecule has 9 heteroatoms. The van der Waals surface area contributed by atoms with Gasteiger partial charge in [0.05, 0.1) is 36.6 Å². The van der Waals surface area contributed by atoms with Crippen LogP contribution in [0.3, 0.4) is 0 Å². The standard InChI is InChI=1S/C29H29FN6O2/c1-31-14-17-9-22(30)28(27(10-17)37-4)20-12-21-24(13-23(20)32-2)33-34-29(21)18-5-6-25-26(11-18)38-16-19-15-35(3)7-8-36(19)25/h5-6,9-13,19,31H,7-8,14-16H2,1,3-4H3,(H,33,34). The Labute approximate surface area is 220 Å². The number of nitrogens with zero attached hydrogens (tertiary/aromatic N) is 4. The fraction of sp³-hybridized carbons (Fsp3) is 0.310. The molecule has 0 amide bonds. The molecule has 0 radical (unpaired) electrons. The zero-order chi connectivity index (χ0) is 26.4. The quantitative estimate of drug-likeness (QED) is 0.374. The maximum absolute atomic E-state index is 15.5. The maximum atomic E-state index is 15.5. The number of aromatic amines is 1. The Morgan fingerprint density at radius 2 is 2.11 bits per heavy atom. The molecule has 1 atom stereocenters. The van der Waals surface area contributed by atoms with E-state index < -0.39 is 5.82 Å². The van der Waals surface area contributed by atoms with Gasteiger partial charge in [-0.25, -0.2) is 9.24 Å². The normalized spacial score (nSPS) is 17.0. The molecule has 4 aromatic rings. The first-order valence-corrected chi connectivity index (χ1v) is 12.6. The molecule has 1 fully saturated rings. The second-order valence-corrected chi connectivity index (χ2v) is 9.89. The van der Waals surface area contributed by atoms with Crippen molar-refractivity contribution in [3.63, 3.8) is 0 Å². The van der Waals surface area contributed by atoms with Gasteiger partial charge in [-0.2, -0.15) is 5.10 Å². The minimum absolute atomic E-state index is 0.266. The lowest BCUT2D eigenvalue weighted by atomic mass is 9.96. The largest absolute Gasteiger partial charge is 0.496 e. The molecule has 1 saturated heterocycles. The molecule has 6 rings (SSSR count). The van der Waals surface area contributed by atoms with E-state index in [0.29, 0.717) is 41.7 Å². The molecule has 3 heterocycles. The van der Waals surface area contributed by atoms with E-state index in [-0.39, 0.29) is 5.56 Å². The number of rotatable bonds is 5. The third-order valence-corrected chi connectivity index (χ3v) is 7.44. The summed E-state index contributed by atoms with van der Waals surface area (Å²) in [6.07, 6.45) is 0. The van der Waals surface area contributed by atoms with Crippen LogP contribution in [0, 0.1) is 12.4 Å². The molecule has 194 valence electrons. The molecule has 0 spiro atoms. The Bertz CT molecular complexity index is 1580. The Kier molecular flexibility index (Phi) is 6.14. The topological polar surface area (TPSA) is 70.0 Å². The van der Waals surface area contributed by atoms with Crippen LogP contribution in [0.4, 0.5) is 15.8 Å². The van der Waals surface area contributed by atoms with Crippen LogP contribution < -0.4 is 19.7 Å². The number of benzene rings is 3. The van der Waals surface area contributed by atoms with Gasteiger partial charge < -0.3 is 24.6 Å². The molecule has 2 aliphatic heterocycles. The Morgan fingerprint density at radius 1 is 1.24 bits per heavy atom. The zero-order valence-corrected chi connectivity index (χ0v) is 21.6. The molecule has 0 bridgehead atoms. The molecule has 1 aromatic heterocycles. The number of fused-ring (bicyclic) bond motifs is 4. The Balaban J connectivity index is 1.45. The SMILES string of the molecule is [C-]#[N+]c1cc2[nH]nc(-c3ccc4c(c3)OCC3CN(C)CCN43)c2cc1-c1c(F)cc(CNC)cc1OC. The molecule has 3 aromatic carbocycles. The van der Waals surface area contributed by atoms with Gasteiger partial charge in [0.25, 0.3) is 0 Å². The number of likely N-dealkylation sites (N-methyl/N-ethyl adjacent to an activating group) is 1. The second kappa shape index (κ2) is 9.63. The lowest BCUT2D eigenvalue weighted by Gasteiger charge is -2.44. The fourth-order valence-electron chi connectivity index (χ4n) is 5.60. The van der Waals surface area contributed by atoms with E-state index in [4.69, 9.17) is 16.0 Å². The molecule has 0 saturated carbocycles. The highest BCUT2D eigenvalue weighted by Gasteiger charge is 2.32. The molecular formula is C29H29FN6O2. The first kappa shape index (κ1) is 24.2. The number of methoxy groups -OCH3 is 1. The van der Waals surface area contributed by atoms with Gasteiger partial charge in [0.2, 0.25) is 0 Å². The summed E-state index contributed by atoms with van der Waals surface area (Å²) in [6, 6.07) is 13.3. The van der Waals surface area contributed by atoms with E-state index in [0.717, 1.165) is 53.3 Å². The van der Waals surface area contributed by atoms with E-state index in [2.05, 4.69) is 49.3 Å². The lowest BCUT2D eigenvalue weighted by molar-refractivity contribution is 0.188. The van der Waals surface area contributed by atoms with Crippen LogP contribution in [0.5, 0.6) is 11.5 Å². The summed E-state index contributed by atoms with van der Waals surface area (Å²) in [5.74, 6) is 0.784. The summed E-state index contributed by atoms with van der Waals surface area (Å²) in [5, 5.41) is 11.5. The van der Waals surface area contributed by atoms with Crippen LogP contribution in [0.25, 0.3) is 38.1 Å². The van der Waals surface area contributed by atoms with Crippen LogP contribution in [0.15, 0.2) is 42.5 Å². The van der Waals surface area contributed by atoms with E-state index >= 15 is 4.39 Å². The zero-order valence-electron chi connectivity index (χ0n) is 21.6. The van der Waals surface area contributed by atoms with E-state index in [1.807, 2.05) is 12.1 Å². The Morgan fingerprint density at radius 3 is 2.89 bits per heavy atom. The number of hydrogen-bond donors (Lipinski definition) is 2. The molecule has 0 aliphatic carbocycles. The second-order valence-electron chi connectivity index (χ2n) is 9.89. The lowest BCUT2D eigenvalue weighted by Crippen LogP contribution is -2.56. The maximum Gasteiger partial charge on any atom is 0.197 e. The average Bonchev–Trinajstić information content (AvgIpc) is 3.34. The molecule has 8 nitrogen and oxygen atoms in total. The number of piperazine rings is 1. The number of anilines is 1. The van der Waals surface area contributed by atoms with Crippen LogP contribution >= 0.6 is 0 Å². The monoisotopic (exact) mass is 512 g/mol. The van der Waals surface area contributed by atoms with Crippen LogP contribution in [-0.2, 0) is 6.54 Å². The minimum atomic E-state index is -0.437. The Hall–Kier alpha value is -4.13. The van der Waals surface area contributed by atoms with Crippen molar-refractivity contribution >= 4 is 22.3 Å². The van der Waals surface area contributed by atoms with E-state index in [9.17, 15) is 0 Å². The van der Waals surface area contributed by atoms with Crippen molar-refractivity contribution in [3.05, 3.63) is 65.3 Å². The van der Waals surface area contributed by atoms with E-state index in [1.165, 1.54) is 13.2 Å². The van der Waals surface area contributed by atoms with Crippen molar-refractivity contribution in [2.75, 3.05) is 52.3 Å². The highest BCUT2D eigenvalue weighted by atomic mass is 19.1. The summed E-state index contributed by atoms with van der Waals surface area (Å²) in [4.78, 5) is 8.46. The van der Waals surface area contributed by atoms with Crippen molar-refractivity contribution in [1.29, 1.82) is 0 Å². The number of hydrogen-bond acceptors (Lipinski definition) is 6. The number of aromatic nitrogens is 2. The van der Waals surface area contributed by atoms with Gasteiger partial charge >= 0.3 is 0 Å². The van der Waals surface area contributed by atoms with Gasteiger partial charge in [0.15, 0.2) is 5.69 Å². The summed E-state index contributed by atoms with van der Waals surface area (Å²) >= 11 is 0. The first-order valence-electron chi connectivity index (χ1n) is 12.6. The highest BCUT2D eigenvalue weighted by Crippen LogP contribution is 2.44. The number of nitrogens with one attached hydrogen (secondary N) is 2. The summed E-state index contributed by atoms with van der Waals surface area (Å²) in [5.41, 5.74) is 5.23. The first-order chi connectivity index (χ1) is 18.5. The summed E-state index contributed by atoms with van der Waals surface area (Å²) < 4.78 is 27.2. The highest BCUT2D eigenvalue weighted by molar-refractivity contribution is 6.01. The summed E-state index contributed by atoms with van der Waals surface area (Å²) in [7, 11) is 5.46. The van der Waals surface area contributed by atoms with Gasteiger partial charge in [-0.15, -0.1) is 0 Å². The van der Waals surface area contributed by atoms with Crippen molar-refractivity contribution in [3.8, 4) is 33.9 Å². The van der Waals surface area contributed by atoms with Crippen molar-refractivity contribution in [1.82, 2.24) is 20.4 Å². The molecule has 1 unspecified atom stereocenters. The van der Waals surface area contributed by atoms with Gasteiger partial charge in [-0.1, -0.05) is 12.1 Å². The van der Waals surface area contributed by atoms with Crippen molar-refractivity contribution in [2.45, 2.75) is 12.6 Å². The predicted molar refractivity (Wildman–Crippen MR) is 147 cm³/mol. The third-order valence-electron chi connectivity index (χ3n) is 7.44. The van der Waals surface area contributed by atoms with Crippen LogP contribution in [0.2, 0.25) is 0 Å². The van der Waals surface area contributed by atoms with Crippen molar-refractivity contribution in [2.24, 2.45) is 0 Å². The van der Waals surface area contributed by atoms with Crippen LogP contribution in [-0.4, -0.2) is 68.6 Å².